The van der Waals surface area contributed by atoms with Crippen LogP contribution in [0.25, 0.3) is 0 Å². The molecule has 0 aliphatic carbocycles. The predicted octanol–water partition coefficient (Wildman–Crippen LogP) is 0.217. The third-order valence-electron chi connectivity index (χ3n) is 0.337. The molecule has 0 saturated heterocycles. The van der Waals surface area contributed by atoms with Gasteiger partial charge in [0.2, 0.25) is 0 Å². The summed E-state index contributed by atoms with van der Waals surface area (Å²) < 4.78 is 40.8. The van der Waals surface area contributed by atoms with E-state index in [9.17, 15) is 8.42 Å². The van der Waals surface area contributed by atoms with E-state index in [0.717, 1.165) is 6.08 Å². The van der Waals surface area contributed by atoms with Crippen molar-refractivity contribution in [2.75, 3.05) is 11.9 Å². The molecule has 0 aromatic carbocycles. The van der Waals surface area contributed by atoms with Gasteiger partial charge in [-0.1, -0.05) is 6.08 Å². The largest absolute Gasteiger partial charge is 0.229 e. The second-order valence-corrected chi connectivity index (χ2v) is 2.63. The van der Waals surface area contributed by atoms with Gasteiger partial charge >= 0.3 is 0 Å². The molecule has 3 heteroatoms. The van der Waals surface area contributed by atoms with Gasteiger partial charge in [-0.05, 0) is 0 Å². The van der Waals surface area contributed by atoms with Crippen molar-refractivity contribution in [3.63, 3.8) is 0 Å². The average Bonchev–Trinajstić information content (AvgIpc) is 1.61. The van der Waals surface area contributed by atoms with Crippen LogP contribution in [0.2, 0.25) is 0 Å². The molecule has 0 unspecified atom stereocenters. The molecule has 0 rings (SSSR count). The van der Waals surface area contributed by atoms with Gasteiger partial charge in [-0.2, -0.15) is 0 Å². The van der Waals surface area contributed by atoms with E-state index in [2.05, 4.69) is 6.58 Å². The van der Waals surface area contributed by atoms with Crippen molar-refractivity contribution < 1.29 is 12.5 Å². The van der Waals surface area contributed by atoms with Crippen LogP contribution >= 0.6 is 0 Å². The fourth-order valence-electron chi connectivity index (χ4n) is 0.155. The predicted molar refractivity (Wildman–Crippen MR) is 29.9 cm³/mol. The Morgan fingerprint density at radius 3 is 2.71 bits per heavy atom. The van der Waals surface area contributed by atoms with E-state index in [1.54, 1.807) is 0 Å². The minimum absolute atomic E-state index is 0.497. The Morgan fingerprint density at radius 1 is 2.00 bits per heavy atom. The molecular formula is C4H8O2S. The average molecular weight is 123 g/mol. The summed E-state index contributed by atoms with van der Waals surface area (Å²) in [6.45, 7) is 3.13. The van der Waals surface area contributed by atoms with Gasteiger partial charge in [0.15, 0.2) is 9.84 Å². The zero-order chi connectivity index (χ0) is 8.41. The van der Waals surface area contributed by atoms with Crippen LogP contribution in [-0.4, -0.2) is 20.4 Å². The fourth-order valence-corrected chi connectivity index (χ4v) is 0.465. The van der Waals surface area contributed by atoms with Crippen LogP contribution in [0.3, 0.4) is 0 Å². The quantitative estimate of drug-likeness (QED) is 0.492. The Balaban J connectivity index is 4.59. The Labute approximate surface area is 48.0 Å². The third kappa shape index (κ3) is 5.69. The minimum Gasteiger partial charge on any atom is -0.229 e. The van der Waals surface area contributed by atoms with Crippen LogP contribution in [0.15, 0.2) is 12.7 Å². The van der Waals surface area contributed by atoms with E-state index < -0.39 is 21.8 Å². The zero-order valence-corrected chi connectivity index (χ0v) is 4.53. The maximum atomic E-state index is 10.6. The SMILES string of the molecule is [2H]C([2H])([2H])S(=O)(=O)CC=C. The maximum Gasteiger partial charge on any atom is 0.150 e. The van der Waals surface area contributed by atoms with Crippen LogP contribution < -0.4 is 0 Å². The van der Waals surface area contributed by atoms with Crippen LogP contribution in [0.4, 0.5) is 0 Å². The molecule has 0 bridgehead atoms. The van der Waals surface area contributed by atoms with E-state index in [1.165, 1.54) is 0 Å². The molecule has 42 valence electrons. The lowest BCUT2D eigenvalue weighted by Gasteiger charge is -1.83. The topological polar surface area (TPSA) is 34.1 Å². The Kier molecular flexibility index (Phi) is 0.867. The van der Waals surface area contributed by atoms with Gasteiger partial charge in [-0.15, -0.1) is 6.58 Å². The molecule has 0 radical (unpaired) electrons. The third-order valence-corrected chi connectivity index (χ3v) is 1.01. The molecule has 0 saturated carbocycles. The monoisotopic (exact) mass is 123 g/mol. The van der Waals surface area contributed by atoms with Gasteiger partial charge in [-0.25, -0.2) is 8.42 Å². The lowest BCUT2D eigenvalue weighted by Crippen LogP contribution is -1.98. The van der Waals surface area contributed by atoms with Gasteiger partial charge in [0.25, 0.3) is 0 Å². The first kappa shape index (κ1) is 2.87. The molecular weight excluding hydrogens is 112 g/mol. The summed E-state index contributed by atoms with van der Waals surface area (Å²) in [4.78, 5) is 0. The summed E-state index contributed by atoms with van der Waals surface area (Å²) in [5.74, 6) is -0.497. The summed E-state index contributed by atoms with van der Waals surface area (Å²) >= 11 is 0. The van der Waals surface area contributed by atoms with Crippen molar-refractivity contribution in [2.24, 2.45) is 0 Å². The molecule has 0 heterocycles. The van der Waals surface area contributed by atoms with Crippen molar-refractivity contribution in [1.82, 2.24) is 0 Å². The molecule has 0 spiro atoms. The molecule has 2 nitrogen and oxygen atoms in total. The highest BCUT2D eigenvalue weighted by molar-refractivity contribution is 7.90. The van der Waals surface area contributed by atoms with Gasteiger partial charge in [0, 0.05) is 10.3 Å². The Morgan fingerprint density at radius 2 is 2.57 bits per heavy atom. The summed E-state index contributed by atoms with van der Waals surface area (Å²) in [7, 11) is -3.97. The molecule has 0 aliphatic heterocycles. The Bertz CT molecular complexity index is 213. The maximum absolute atomic E-state index is 10.6. The van der Waals surface area contributed by atoms with Crippen LogP contribution in [0.5, 0.6) is 0 Å². The highest BCUT2D eigenvalue weighted by atomic mass is 32.2. The lowest BCUT2D eigenvalue weighted by molar-refractivity contribution is 0.604. The van der Waals surface area contributed by atoms with E-state index in [0.29, 0.717) is 0 Å². The van der Waals surface area contributed by atoms with Crippen LogP contribution in [0, 0.1) is 0 Å². The minimum atomic E-state index is -3.97. The highest BCUT2D eigenvalue weighted by Gasteiger charge is 1.93. The van der Waals surface area contributed by atoms with Gasteiger partial charge in [-0.3, -0.25) is 0 Å². The number of sulfone groups is 1. The first-order chi connectivity index (χ1) is 4.31. The molecule has 0 N–H and O–H groups in total. The number of hydrogen-bond acceptors (Lipinski definition) is 2. The summed E-state index contributed by atoms with van der Waals surface area (Å²) in [5, 5.41) is 0. The fraction of sp³-hybridized carbons (Fsp3) is 0.500. The molecule has 0 aliphatic rings. The first-order valence-electron chi connectivity index (χ1n) is 3.14. The van der Waals surface area contributed by atoms with E-state index >= 15 is 0 Å². The second kappa shape index (κ2) is 2.12. The van der Waals surface area contributed by atoms with E-state index in [-0.39, 0.29) is 0 Å². The molecule has 7 heavy (non-hydrogen) atoms. The first-order valence-corrected chi connectivity index (χ1v) is 3.29. The summed E-state index contributed by atoms with van der Waals surface area (Å²) in [5.41, 5.74) is 0. The normalized spacial score (nSPS) is 19.1. The molecule has 0 fully saturated rings. The molecule has 0 aromatic rings. The zero-order valence-electron chi connectivity index (χ0n) is 6.72. The van der Waals surface area contributed by atoms with Crippen molar-refractivity contribution >= 4 is 9.84 Å². The highest BCUT2D eigenvalue weighted by Crippen LogP contribution is 1.79. The lowest BCUT2D eigenvalue weighted by atomic mass is 10.8. The van der Waals surface area contributed by atoms with E-state index in [1.807, 2.05) is 0 Å². The van der Waals surface area contributed by atoms with Crippen LogP contribution in [0.1, 0.15) is 4.11 Å². The summed E-state index contributed by atoms with van der Waals surface area (Å²) in [6, 6.07) is 0. The number of rotatable bonds is 2. The molecule has 0 amide bonds. The van der Waals surface area contributed by atoms with E-state index in [4.69, 9.17) is 4.11 Å². The summed E-state index contributed by atoms with van der Waals surface area (Å²) in [6.07, 6.45) is -1.84. The standard InChI is InChI=1S/C4H8O2S/c1-3-4-7(2,5)6/h3H,1,4H2,2H3/i2D3. The van der Waals surface area contributed by atoms with Gasteiger partial charge < -0.3 is 0 Å². The van der Waals surface area contributed by atoms with Crippen molar-refractivity contribution in [2.45, 2.75) is 0 Å². The van der Waals surface area contributed by atoms with Crippen molar-refractivity contribution in [3.8, 4) is 0 Å². The van der Waals surface area contributed by atoms with Crippen LogP contribution in [-0.2, 0) is 9.84 Å². The molecule has 0 aromatic heterocycles. The van der Waals surface area contributed by atoms with Crippen molar-refractivity contribution in [3.05, 3.63) is 12.7 Å². The second-order valence-electron chi connectivity index (χ2n) is 1.07. The van der Waals surface area contributed by atoms with Gasteiger partial charge in [0.05, 0.1) is 5.75 Å². The smallest absolute Gasteiger partial charge is 0.150 e. The Hall–Kier alpha value is -0.310. The van der Waals surface area contributed by atoms with Crippen molar-refractivity contribution in [1.29, 1.82) is 0 Å². The number of hydrogen-bond donors (Lipinski definition) is 0. The van der Waals surface area contributed by atoms with Gasteiger partial charge in [0.1, 0.15) is 0 Å². The molecule has 0 atom stereocenters.